The minimum absolute atomic E-state index is 0.774. The molecular formula is C14H17N5. The molecule has 3 heterocycles. The summed E-state index contributed by atoms with van der Waals surface area (Å²) in [4.78, 5) is 15.5. The maximum atomic E-state index is 4.69. The van der Waals surface area contributed by atoms with Gasteiger partial charge in [-0.3, -0.25) is 4.98 Å². The smallest absolute Gasteiger partial charge is 0.161 e. The summed E-state index contributed by atoms with van der Waals surface area (Å²) in [5.74, 6) is 1.79. The summed E-state index contributed by atoms with van der Waals surface area (Å²) >= 11 is 0. The van der Waals surface area contributed by atoms with Crippen molar-refractivity contribution in [1.29, 1.82) is 0 Å². The van der Waals surface area contributed by atoms with Crippen molar-refractivity contribution < 1.29 is 0 Å². The summed E-state index contributed by atoms with van der Waals surface area (Å²) < 4.78 is 0. The minimum atomic E-state index is 0.774. The Hall–Kier alpha value is -2.01. The van der Waals surface area contributed by atoms with Gasteiger partial charge in [0.05, 0.1) is 0 Å². The first kappa shape index (κ1) is 12.0. The first-order valence-corrected chi connectivity index (χ1v) is 6.55. The molecule has 98 valence electrons. The van der Waals surface area contributed by atoms with Gasteiger partial charge in [0.2, 0.25) is 0 Å². The lowest BCUT2D eigenvalue weighted by Gasteiger charge is -2.28. The fourth-order valence-corrected chi connectivity index (χ4v) is 2.24. The molecule has 0 amide bonds. The second kappa shape index (κ2) is 5.32. The van der Waals surface area contributed by atoms with Gasteiger partial charge in [-0.15, -0.1) is 0 Å². The van der Waals surface area contributed by atoms with Crippen molar-refractivity contribution in [1.82, 2.24) is 20.3 Å². The van der Waals surface area contributed by atoms with Crippen molar-refractivity contribution in [2.45, 2.75) is 6.92 Å². The van der Waals surface area contributed by atoms with Crippen LogP contribution < -0.4 is 10.2 Å². The molecular weight excluding hydrogens is 238 g/mol. The number of aromatic nitrogens is 3. The zero-order valence-electron chi connectivity index (χ0n) is 11.0. The van der Waals surface area contributed by atoms with E-state index in [1.54, 1.807) is 12.4 Å². The lowest BCUT2D eigenvalue weighted by Crippen LogP contribution is -2.44. The van der Waals surface area contributed by atoms with Crippen LogP contribution in [0.5, 0.6) is 0 Å². The Bertz CT molecular complexity index is 549. The molecule has 1 saturated heterocycles. The van der Waals surface area contributed by atoms with Crippen LogP contribution in [0.4, 0.5) is 5.82 Å². The van der Waals surface area contributed by atoms with Gasteiger partial charge in [-0.05, 0) is 19.1 Å². The molecule has 2 aromatic heterocycles. The van der Waals surface area contributed by atoms with Gasteiger partial charge in [-0.25, -0.2) is 9.97 Å². The van der Waals surface area contributed by atoms with Crippen molar-refractivity contribution in [3.63, 3.8) is 0 Å². The van der Waals surface area contributed by atoms with Crippen LogP contribution in [-0.2, 0) is 0 Å². The average Bonchev–Trinajstić information content (AvgIpc) is 2.48. The number of nitrogens with one attached hydrogen (secondary N) is 1. The zero-order chi connectivity index (χ0) is 13.1. The Labute approximate surface area is 112 Å². The summed E-state index contributed by atoms with van der Waals surface area (Å²) in [5.41, 5.74) is 2.01. The molecule has 3 rings (SSSR count). The molecule has 0 saturated carbocycles. The zero-order valence-corrected chi connectivity index (χ0v) is 11.0. The van der Waals surface area contributed by atoms with E-state index >= 15 is 0 Å². The Morgan fingerprint density at radius 2 is 1.84 bits per heavy atom. The number of hydrogen-bond acceptors (Lipinski definition) is 5. The van der Waals surface area contributed by atoms with Gasteiger partial charge in [0.15, 0.2) is 5.82 Å². The van der Waals surface area contributed by atoms with Gasteiger partial charge >= 0.3 is 0 Å². The van der Waals surface area contributed by atoms with Crippen LogP contribution in [0.25, 0.3) is 11.4 Å². The molecule has 1 N–H and O–H groups in total. The Kier molecular flexibility index (Phi) is 3.37. The summed E-state index contributed by atoms with van der Waals surface area (Å²) in [5, 5.41) is 3.35. The quantitative estimate of drug-likeness (QED) is 0.875. The van der Waals surface area contributed by atoms with Crippen molar-refractivity contribution in [3.8, 4) is 11.4 Å². The van der Waals surface area contributed by atoms with Crippen molar-refractivity contribution in [2.24, 2.45) is 0 Å². The molecule has 5 heteroatoms. The summed E-state index contributed by atoms with van der Waals surface area (Å²) in [6.45, 7) is 6.01. The largest absolute Gasteiger partial charge is 0.354 e. The highest BCUT2D eigenvalue weighted by molar-refractivity contribution is 5.57. The average molecular weight is 255 g/mol. The maximum Gasteiger partial charge on any atom is 0.161 e. The Balaban J connectivity index is 1.96. The monoisotopic (exact) mass is 255 g/mol. The van der Waals surface area contributed by atoms with E-state index in [0.717, 1.165) is 49.1 Å². The molecule has 19 heavy (non-hydrogen) atoms. The first-order valence-electron chi connectivity index (χ1n) is 6.55. The van der Waals surface area contributed by atoms with E-state index in [9.17, 15) is 0 Å². The lowest BCUT2D eigenvalue weighted by atomic mass is 10.2. The van der Waals surface area contributed by atoms with Crippen LogP contribution >= 0.6 is 0 Å². The molecule has 0 aromatic carbocycles. The molecule has 1 aliphatic rings. The van der Waals surface area contributed by atoms with E-state index < -0.39 is 0 Å². The molecule has 0 radical (unpaired) electrons. The maximum absolute atomic E-state index is 4.69. The third kappa shape index (κ3) is 2.71. The van der Waals surface area contributed by atoms with Gasteiger partial charge < -0.3 is 10.2 Å². The number of piperazine rings is 1. The third-order valence-corrected chi connectivity index (χ3v) is 3.22. The summed E-state index contributed by atoms with van der Waals surface area (Å²) in [6.07, 6.45) is 3.54. The molecule has 0 spiro atoms. The van der Waals surface area contributed by atoms with Crippen LogP contribution in [0.2, 0.25) is 0 Å². The SMILES string of the molecule is Cc1cc(N2CCNCC2)nc(-c2ccncc2)n1. The second-order valence-corrected chi connectivity index (χ2v) is 4.66. The molecule has 0 atom stereocenters. The number of rotatable bonds is 2. The van der Waals surface area contributed by atoms with E-state index in [4.69, 9.17) is 0 Å². The van der Waals surface area contributed by atoms with Gasteiger partial charge in [0.25, 0.3) is 0 Å². The summed E-state index contributed by atoms with van der Waals surface area (Å²) in [7, 11) is 0. The molecule has 1 aliphatic heterocycles. The Morgan fingerprint density at radius 3 is 2.58 bits per heavy atom. The predicted octanol–water partition coefficient (Wildman–Crippen LogP) is 1.26. The fourth-order valence-electron chi connectivity index (χ4n) is 2.24. The van der Waals surface area contributed by atoms with Crippen LogP contribution in [0.3, 0.4) is 0 Å². The standard InChI is InChI=1S/C14H17N5/c1-11-10-13(19-8-6-16-7-9-19)18-14(17-11)12-2-4-15-5-3-12/h2-5,10,16H,6-9H2,1H3. The third-order valence-electron chi connectivity index (χ3n) is 3.22. The predicted molar refractivity (Wildman–Crippen MR) is 75.1 cm³/mol. The van der Waals surface area contributed by atoms with Crippen molar-refractivity contribution >= 4 is 5.82 Å². The number of anilines is 1. The fraction of sp³-hybridized carbons (Fsp3) is 0.357. The van der Waals surface area contributed by atoms with Crippen LogP contribution in [0.1, 0.15) is 5.69 Å². The van der Waals surface area contributed by atoms with Gasteiger partial charge in [0.1, 0.15) is 5.82 Å². The van der Waals surface area contributed by atoms with Crippen LogP contribution in [0.15, 0.2) is 30.6 Å². The topological polar surface area (TPSA) is 53.9 Å². The summed E-state index contributed by atoms with van der Waals surface area (Å²) in [6, 6.07) is 5.93. The molecule has 5 nitrogen and oxygen atoms in total. The highest BCUT2D eigenvalue weighted by atomic mass is 15.2. The van der Waals surface area contributed by atoms with Crippen LogP contribution in [0, 0.1) is 6.92 Å². The number of pyridine rings is 1. The molecule has 0 aliphatic carbocycles. The van der Waals surface area contributed by atoms with Crippen molar-refractivity contribution in [2.75, 3.05) is 31.1 Å². The van der Waals surface area contributed by atoms with E-state index in [-0.39, 0.29) is 0 Å². The van der Waals surface area contributed by atoms with Gasteiger partial charge in [-0.2, -0.15) is 0 Å². The highest BCUT2D eigenvalue weighted by Crippen LogP contribution is 2.19. The van der Waals surface area contributed by atoms with E-state index in [1.165, 1.54) is 0 Å². The molecule has 2 aromatic rings. The first-order chi connectivity index (χ1) is 9.33. The lowest BCUT2D eigenvalue weighted by molar-refractivity contribution is 0.584. The molecule has 1 fully saturated rings. The second-order valence-electron chi connectivity index (χ2n) is 4.66. The number of nitrogens with zero attached hydrogens (tertiary/aromatic N) is 4. The molecule has 0 unspecified atom stereocenters. The Morgan fingerprint density at radius 1 is 1.11 bits per heavy atom. The van der Waals surface area contributed by atoms with E-state index in [2.05, 4.69) is 31.2 Å². The van der Waals surface area contributed by atoms with Crippen molar-refractivity contribution in [3.05, 3.63) is 36.3 Å². The number of hydrogen-bond donors (Lipinski definition) is 1. The van der Waals surface area contributed by atoms with E-state index in [1.807, 2.05) is 19.1 Å². The highest BCUT2D eigenvalue weighted by Gasteiger charge is 2.13. The minimum Gasteiger partial charge on any atom is -0.354 e. The van der Waals surface area contributed by atoms with Crippen LogP contribution in [-0.4, -0.2) is 41.1 Å². The van der Waals surface area contributed by atoms with Gasteiger partial charge in [0, 0.05) is 55.9 Å². The normalized spacial score (nSPS) is 15.5. The molecule has 0 bridgehead atoms. The number of aryl methyl sites for hydroxylation is 1. The van der Waals surface area contributed by atoms with E-state index in [0.29, 0.717) is 0 Å². The van der Waals surface area contributed by atoms with Gasteiger partial charge in [-0.1, -0.05) is 0 Å².